The number of hydrogen-bond donors (Lipinski definition) is 0. The Bertz CT molecular complexity index is 3200. The van der Waals surface area contributed by atoms with Crippen LogP contribution in [0.25, 0.3) is 86.3 Å². The van der Waals surface area contributed by atoms with Gasteiger partial charge in [-0.15, -0.1) is 11.3 Å². The molecule has 0 amide bonds. The van der Waals surface area contributed by atoms with E-state index < -0.39 is 0 Å². The van der Waals surface area contributed by atoms with E-state index in [1.807, 2.05) is 11.3 Å². The minimum Gasteiger partial charge on any atom is -0.456 e. The summed E-state index contributed by atoms with van der Waals surface area (Å²) in [6.45, 7) is 0. The molecule has 0 N–H and O–H groups in total. The van der Waals surface area contributed by atoms with Crippen molar-refractivity contribution in [2.24, 2.45) is 0 Å². The van der Waals surface area contributed by atoms with Crippen molar-refractivity contribution < 1.29 is 4.42 Å². The maximum absolute atomic E-state index is 6.89. The highest BCUT2D eigenvalue weighted by atomic mass is 32.1. The van der Waals surface area contributed by atoms with E-state index in [2.05, 4.69) is 205 Å². The molecule has 0 aliphatic heterocycles. The van der Waals surface area contributed by atoms with E-state index >= 15 is 0 Å². The van der Waals surface area contributed by atoms with Gasteiger partial charge in [0.1, 0.15) is 11.2 Å². The van der Waals surface area contributed by atoms with Crippen molar-refractivity contribution in [2.45, 2.75) is 0 Å². The molecule has 55 heavy (non-hydrogen) atoms. The summed E-state index contributed by atoms with van der Waals surface area (Å²) in [7, 11) is 0. The number of anilines is 3. The molecular weight excluding hydrogens is 687 g/mol. The summed E-state index contributed by atoms with van der Waals surface area (Å²) in [4.78, 5) is 2.44. The Kier molecular flexibility index (Phi) is 7.39. The van der Waals surface area contributed by atoms with Gasteiger partial charge in [0, 0.05) is 43.6 Å². The first-order valence-electron chi connectivity index (χ1n) is 18.7. The fraction of sp³-hybridized carbons (Fsp3) is 0. The molecule has 11 aromatic rings. The Balaban J connectivity index is 1.19. The maximum atomic E-state index is 6.89. The number of nitrogens with zero attached hydrogens (tertiary/aromatic N) is 1. The Morgan fingerprint density at radius 1 is 0.364 bits per heavy atom. The van der Waals surface area contributed by atoms with E-state index in [9.17, 15) is 0 Å². The van der Waals surface area contributed by atoms with Crippen LogP contribution >= 0.6 is 11.3 Å². The van der Waals surface area contributed by atoms with E-state index in [1.165, 1.54) is 53.2 Å². The second-order valence-electron chi connectivity index (χ2n) is 14.0. The van der Waals surface area contributed by atoms with Gasteiger partial charge in [-0.25, -0.2) is 0 Å². The molecule has 0 unspecified atom stereocenters. The van der Waals surface area contributed by atoms with E-state index in [0.29, 0.717) is 0 Å². The molecule has 0 aliphatic rings. The number of thiophene rings is 1. The Morgan fingerprint density at radius 3 is 1.76 bits per heavy atom. The van der Waals surface area contributed by atoms with Gasteiger partial charge >= 0.3 is 0 Å². The molecule has 11 rings (SSSR count). The zero-order valence-corrected chi connectivity index (χ0v) is 30.6. The summed E-state index contributed by atoms with van der Waals surface area (Å²) in [5.41, 5.74) is 12.1. The Labute approximate surface area is 322 Å². The van der Waals surface area contributed by atoms with Crippen LogP contribution in [0.5, 0.6) is 0 Å². The fourth-order valence-electron chi connectivity index (χ4n) is 8.33. The lowest BCUT2D eigenvalue weighted by Crippen LogP contribution is -2.11. The van der Waals surface area contributed by atoms with Crippen molar-refractivity contribution in [3.63, 3.8) is 0 Å². The summed E-state index contributed by atoms with van der Waals surface area (Å²) in [5, 5.41) is 7.21. The third kappa shape index (κ3) is 5.24. The van der Waals surface area contributed by atoms with Crippen molar-refractivity contribution in [1.29, 1.82) is 0 Å². The van der Waals surface area contributed by atoms with Crippen LogP contribution in [0.15, 0.2) is 205 Å². The van der Waals surface area contributed by atoms with E-state index in [4.69, 9.17) is 4.42 Å². The highest BCUT2D eigenvalue weighted by molar-refractivity contribution is 7.26. The molecule has 0 aliphatic carbocycles. The first kappa shape index (κ1) is 31.6. The topological polar surface area (TPSA) is 16.4 Å². The smallest absolute Gasteiger partial charge is 0.137 e. The molecule has 9 aromatic carbocycles. The summed E-state index contributed by atoms with van der Waals surface area (Å²) in [6, 6.07) is 72.0. The molecule has 2 nitrogen and oxygen atoms in total. The lowest BCUT2D eigenvalue weighted by atomic mass is 9.95. The highest BCUT2D eigenvalue weighted by Gasteiger charge is 2.23. The van der Waals surface area contributed by atoms with Crippen molar-refractivity contribution in [2.75, 3.05) is 4.90 Å². The second kappa shape index (κ2) is 12.9. The molecule has 0 atom stereocenters. The molecule has 0 saturated heterocycles. The summed E-state index contributed by atoms with van der Waals surface area (Å²) < 4.78 is 9.42. The number of hydrogen-bond acceptors (Lipinski definition) is 3. The molecule has 0 spiro atoms. The van der Waals surface area contributed by atoms with Gasteiger partial charge in [-0.05, 0) is 81.1 Å². The molecule has 0 bridgehead atoms. The lowest BCUT2D eigenvalue weighted by Gasteiger charge is -2.29. The minimum absolute atomic E-state index is 0.860. The van der Waals surface area contributed by atoms with Crippen molar-refractivity contribution >= 4 is 81.3 Å². The molecular formula is C52H33NOS. The first-order chi connectivity index (χ1) is 27.3. The van der Waals surface area contributed by atoms with E-state index in [0.717, 1.165) is 50.1 Å². The molecule has 0 saturated carbocycles. The van der Waals surface area contributed by atoms with Gasteiger partial charge in [-0.2, -0.15) is 0 Å². The molecule has 2 heterocycles. The zero-order valence-electron chi connectivity index (χ0n) is 29.8. The summed E-state index contributed by atoms with van der Waals surface area (Å²) in [5.74, 6) is 0. The fourth-order valence-corrected chi connectivity index (χ4v) is 9.54. The van der Waals surface area contributed by atoms with Crippen LogP contribution in [0.4, 0.5) is 17.1 Å². The molecule has 2 aromatic heterocycles. The average Bonchev–Trinajstić information content (AvgIpc) is 3.83. The van der Waals surface area contributed by atoms with Gasteiger partial charge in [0.2, 0.25) is 0 Å². The van der Waals surface area contributed by atoms with Crippen molar-refractivity contribution in [3.05, 3.63) is 200 Å². The van der Waals surface area contributed by atoms with Crippen LogP contribution < -0.4 is 4.90 Å². The predicted octanol–water partition coefficient (Wildman–Crippen LogP) is 15.6. The molecule has 258 valence electrons. The number of rotatable bonds is 6. The first-order valence-corrected chi connectivity index (χ1v) is 19.5. The normalized spacial score (nSPS) is 11.6. The minimum atomic E-state index is 0.860. The lowest BCUT2D eigenvalue weighted by molar-refractivity contribution is 0.669. The standard InChI is InChI=1S/C52H33NOS/c1-4-15-34(16-5-1)37-27-30-46(45(31-37)36-19-8-3-9-20-36)53(47-25-14-24-42-40-22-12-13-26-50(40)55-52(42)47)38-28-29-43-48(32-38)54-49-33-44(35-17-6-2-7-18-35)39-21-10-11-23-41(39)51(43)49/h1-33H. The van der Waals surface area contributed by atoms with Crippen molar-refractivity contribution in [1.82, 2.24) is 0 Å². The Morgan fingerprint density at radius 2 is 1.00 bits per heavy atom. The van der Waals surface area contributed by atoms with Gasteiger partial charge in [0.15, 0.2) is 0 Å². The van der Waals surface area contributed by atoms with E-state index in [1.54, 1.807) is 0 Å². The highest BCUT2D eigenvalue weighted by Crippen LogP contribution is 2.49. The predicted molar refractivity (Wildman–Crippen MR) is 235 cm³/mol. The van der Waals surface area contributed by atoms with Crippen LogP contribution in [0.2, 0.25) is 0 Å². The van der Waals surface area contributed by atoms with Gasteiger partial charge in [-0.1, -0.05) is 152 Å². The molecule has 0 fully saturated rings. The third-order valence-electron chi connectivity index (χ3n) is 10.9. The van der Waals surface area contributed by atoms with Gasteiger partial charge in [0.25, 0.3) is 0 Å². The van der Waals surface area contributed by atoms with Gasteiger partial charge in [-0.3, -0.25) is 0 Å². The van der Waals surface area contributed by atoms with Crippen LogP contribution in [0.3, 0.4) is 0 Å². The van der Waals surface area contributed by atoms with E-state index in [-0.39, 0.29) is 0 Å². The number of furan rings is 1. The van der Waals surface area contributed by atoms with Gasteiger partial charge < -0.3 is 9.32 Å². The number of fused-ring (bicyclic) bond motifs is 8. The third-order valence-corrected chi connectivity index (χ3v) is 12.1. The van der Waals surface area contributed by atoms with Crippen molar-refractivity contribution in [3.8, 4) is 33.4 Å². The average molecular weight is 720 g/mol. The van der Waals surface area contributed by atoms with Crippen LogP contribution in [-0.4, -0.2) is 0 Å². The SMILES string of the molecule is c1ccc(-c2ccc(N(c3ccc4c(c3)oc3cc(-c5ccccc5)c5ccccc5c34)c3cccc4c3sc3ccccc34)c(-c3ccccc3)c2)cc1. The summed E-state index contributed by atoms with van der Waals surface area (Å²) >= 11 is 1.85. The zero-order chi connectivity index (χ0) is 36.3. The molecule has 0 radical (unpaired) electrons. The maximum Gasteiger partial charge on any atom is 0.137 e. The number of benzene rings is 9. The largest absolute Gasteiger partial charge is 0.456 e. The second-order valence-corrected chi connectivity index (χ2v) is 15.1. The van der Waals surface area contributed by atoms with Gasteiger partial charge in [0.05, 0.1) is 16.1 Å². The van der Waals surface area contributed by atoms with Crippen LogP contribution in [0, 0.1) is 0 Å². The van der Waals surface area contributed by atoms with Crippen LogP contribution in [0.1, 0.15) is 0 Å². The summed E-state index contributed by atoms with van der Waals surface area (Å²) in [6.07, 6.45) is 0. The Hall–Kier alpha value is -6.94. The van der Waals surface area contributed by atoms with Crippen LogP contribution in [-0.2, 0) is 0 Å². The quantitative estimate of drug-likeness (QED) is 0.170. The monoisotopic (exact) mass is 719 g/mol. The molecule has 3 heteroatoms.